The number of rotatable bonds is 4. The van der Waals surface area contributed by atoms with E-state index in [1.165, 1.54) is 16.4 Å². The van der Waals surface area contributed by atoms with Crippen molar-refractivity contribution in [3.63, 3.8) is 0 Å². The summed E-state index contributed by atoms with van der Waals surface area (Å²) in [6.45, 7) is 2.08. The average molecular weight is 330 g/mol. The summed E-state index contributed by atoms with van der Waals surface area (Å²) in [7, 11) is -3.85. The maximum Gasteiger partial charge on any atom is 0.265 e. The molecule has 0 radical (unpaired) electrons. The number of ether oxygens (including phenoxy) is 2. The highest BCUT2D eigenvalue weighted by atomic mass is 32.2. The van der Waals surface area contributed by atoms with Gasteiger partial charge in [0, 0.05) is 12.6 Å². The molecule has 1 heterocycles. The third kappa shape index (κ3) is 2.58. The van der Waals surface area contributed by atoms with Crippen LogP contribution in [0.4, 0.5) is 5.69 Å². The number of fused-ring (bicyclic) bond motifs is 1. The number of hydrogen-bond donors (Lipinski definition) is 0. The molecule has 6 nitrogen and oxygen atoms in total. The van der Waals surface area contributed by atoms with Crippen LogP contribution in [0.25, 0.3) is 0 Å². The van der Waals surface area contributed by atoms with Gasteiger partial charge in [-0.25, -0.2) is 8.42 Å². The van der Waals surface area contributed by atoms with Crippen LogP contribution < -0.4 is 13.8 Å². The Morgan fingerprint density at radius 2 is 1.91 bits per heavy atom. The molecule has 0 aromatic heterocycles. The molecule has 3 rings (SSSR count). The van der Waals surface area contributed by atoms with Gasteiger partial charge < -0.3 is 9.47 Å². The Labute approximate surface area is 134 Å². The Morgan fingerprint density at radius 3 is 2.65 bits per heavy atom. The smallest absolute Gasteiger partial charge is 0.265 e. The fraction of sp³-hybridized carbons (Fsp3) is 0.188. The molecule has 0 fully saturated rings. The molecule has 0 aliphatic carbocycles. The van der Waals surface area contributed by atoms with E-state index in [-0.39, 0.29) is 23.8 Å². The van der Waals surface area contributed by atoms with Crippen molar-refractivity contribution < 1.29 is 17.9 Å². The lowest BCUT2D eigenvalue weighted by Crippen LogP contribution is -2.31. The van der Waals surface area contributed by atoms with Crippen LogP contribution in [0.15, 0.2) is 47.4 Å². The van der Waals surface area contributed by atoms with Crippen LogP contribution in [0.2, 0.25) is 0 Å². The summed E-state index contributed by atoms with van der Waals surface area (Å²) in [6, 6.07) is 13.0. The van der Waals surface area contributed by atoms with Gasteiger partial charge in [-0.05, 0) is 31.2 Å². The van der Waals surface area contributed by atoms with Crippen molar-refractivity contribution in [2.24, 2.45) is 0 Å². The Kier molecular flexibility index (Phi) is 3.84. The zero-order valence-corrected chi connectivity index (χ0v) is 13.2. The molecule has 0 spiro atoms. The van der Waals surface area contributed by atoms with Crippen molar-refractivity contribution in [3.8, 4) is 17.6 Å². The largest absolute Gasteiger partial charge is 0.454 e. The van der Waals surface area contributed by atoms with Gasteiger partial charge in [0.15, 0.2) is 11.5 Å². The Balaban J connectivity index is 2.08. The molecule has 0 unspecified atom stereocenters. The Bertz CT molecular complexity index is 887. The average Bonchev–Trinajstić information content (AvgIpc) is 3.03. The minimum atomic E-state index is -3.85. The maximum atomic E-state index is 12.9. The van der Waals surface area contributed by atoms with E-state index in [9.17, 15) is 8.42 Å². The first kappa shape index (κ1) is 15.2. The summed E-state index contributed by atoms with van der Waals surface area (Å²) in [4.78, 5) is -0.0120. The van der Waals surface area contributed by atoms with Crippen LogP contribution in [-0.4, -0.2) is 21.8 Å². The van der Waals surface area contributed by atoms with Crippen LogP contribution >= 0.6 is 0 Å². The number of nitrogens with zero attached hydrogens (tertiary/aromatic N) is 2. The van der Waals surface area contributed by atoms with Gasteiger partial charge in [0.2, 0.25) is 6.79 Å². The second-order valence-corrected chi connectivity index (χ2v) is 6.65. The minimum Gasteiger partial charge on any atom is -0.454 e. The van der Waals surface area contributed by atoms with E-state index < -0.39 is 10.0 Å². The monoisotopic (exact) mass is 330 g/mol. The highest BCUT2D eigenvalue weighted by Crippen LogP contribution is 2.37. The first-order chi connectivity index (χ1) is 11.1. The molecule has 0 N–H and O–H groups in total. The summed E-state index contributed by atoms with van der Waals surface area (Å²) in [5.74, 6) is 1.09. The normalized spacial score (nSPS) is 12.7. The van der Waals surface area contributed by atoms with Crippen molar-refractivity contribution in [2.75, 3.05) is 17.6 Å². The lowest BCUT2D eigenvalue weighted by Gasteiger charge is -2.23. The zero-order chi connectivity index (χ0) is 16.4. The molecular weight excluding hydrogens is 316 g/mol. The lowest BCUT2D eigenvalue weighted by atomic mass is 10.2. The number of anilines is 1. The van der Waals surface area contributed by atoms with Gasteiger partial charge >= 0.3 is 0 Å². The lowest BCUT2D eigenvalue weighted by molar-refractivity contribution is 0.174. The molecule has 23 heavy (non-hydrogen) atoms. The molecule has 2 aromatic carbocycles. The van der Waals surface area contributed by atoms with Gasteiger partial charge in [0.05, 0.1) is 11.3 Å². The fourth-order valence-corrected chi connectivity index (χ4v) is 4.04. The molecule has 0 saturated heterocycles. The van der Waals surface area contributed by atoms with Crippen LogP contribution in [-0.2, 0) is 10.0 Å². The first-order valence-corrected chi connectivity index (χ1v) is 8.43. The summed E-state index contributed by atoms with van der Waals surface area (Å²) in [6.07, 6.45) is 0. The van der Waals surface area contributed by atoms with Crippen molar-refractivity contribution in [3.05, 3.63) is 48.0 Å². The quantitative estimate of drug-likeness (QED) is 0.860. The van der Waals surface area contributed by atoms with Crippen LogP contribution in [0.5, 0.6) is 11.5 Å². The van der Waals surface area contributed by atoms with Crippen molar-refractivity contribution in [2.45, 2.75) is 11.8 Å². The molecule has 2 aromatic rings. The molecule has 7 heteroatoms. The topological polar surface area (TPSA) is 79.6 Å². The number of nitriles is 1. The second-order valence-electron chi connectivity index (χ2n) is 4.82. The SMILES string of the molecule is CCN(c1ccc2c(c1)OCO2)S(=O)(=O)c1ccccc1C#N. The molecule has 118 valence electrons. The number of hydrogen-bond acceptors (Lipinski definition) is 5. The fourth-order valence-electron chi connectivity index (χ4n) is 2.43. The van der Waals surface area contributed by atoms with E-state index in [1.54, 1.807) is 37.3 Å². The minimum absolute atomic E-state index is 0.0120. The molecule has 0 atom stereocenters. The van der Waals surface area contributed by atoms with E-state index in [0.29, 0.717) is 17.2 Å². The molecule has 0 bridgehead atoms. The van der Waals surface area contributed by atoms with Gasteiger partial charge in [-0.15, -0.1) is 0 Å². The van der Waals surface area contributed by atoms with E-state index in [1.807, 2.05) is 6.07 Å². The number of sulfonamides is 1. The van der Waals surface area contributed by atoms with Crippen molar-refractivity contribution >= 4 is 15.7 Å². The summed E-state index contributed by atoms with van der Waals surface area (Å²) >= 11 is 0. The van der Waals surface area contributed by atoms with Crippen molar-refractivity contribution in [1.82, 2.24) is 0 Å². The van der Waals surface area contributed by atoms with Gasteiger partial charge in [0.25, 0.3) is 10.0 Å². The third-order valence-corrected chi connectivity index (χ3v) is 5.47. The highest BCUT2D eigenvalue weighted by molar-refractivity contribution is 7.92. The second kappa shape index (κ2) is 5.82. The Morgan fingerprint density at radius 1 is 1.17 bits per heavy atom. The number of benzene rings is 2. The molecule has 0 amide bonds. The van der Waals surface area contributed by atoms with Crippen LogP contribution in [0.3, 0.4) is 0 Å². The van der Waals surface area contributed by atoms with Crippen molar-refractivity contribution in [1.29, 1.82) is 5.26 Å². The highest BCUT2D eigenvalue weighted by Gasteiger charge is 2.27. The zero-order valence-electron chi connectivity index (χ0n) is 12.4. The first-order valence-electron chi connectivity index (χ1n) is 6.99. The summed E-state index contributed by atoms with van der Waals surface area (Å²) in [5, 5.41) is 9.16. The molecular formula is C16H14N2O4S. The molecule has 1 aliphatic rings. The molecule has 0 saturated carbocycles. The third-order valence-electron chi connectivity index (χ3n) is 3.51. The standard InChI is InChI=1S/C16H14N2O4S/c1-2-18(13-7-8-14-15(9-13)22-11-21-14)23(19,20)16-6-4-3-5-12(16)10-17/h3-9H,2,11H2,1H3. The predicted molar refractivity (Wildman–Crippen MR) is 83.9 cm³/mol. The summed E-state index contributed by atoms with van der Waals surface area (Å²) < 4.78 is 37.7. The Hall–Kier alpha value is -2.72. The van der Waals surface area contributed by atoms with Crippen LogP contribution in [0, 0.1) is 11.3 Å². The van der Waals surface area contributed by atoms with Gasteiger partial charge in [0.1, 0.15) is 11.0 Å². The van der Waals surface area contributed by atoms with E-state index in [4.69, 9.17) is 14.7 Å². The van der Waals surface area contributed by atoms with E-state index >= 15 is 0 Å². The van der Waals surface area contributed by atoms with Gasteiger partial charge in [-0.2, -0.15) is 5.26 Å². The molecule has 1 aliphatic heterocycles. The summed E-state index contributed by atoms with van der Waals surface area (Å²) in [5.41, 5.74) is 0.580. The van der Waals surface area contributed by atoms with Crippen LogP contribution in [0.1, 0.15) is 12.5 Å². The van der Waals surface area contributed by atoms with E-state index in [2.05, 4.69) is 0 Å². The predicted octanol–water partition coefficient (Wildman–Crippen LogP) is 2.50. The van der Waals surface area contributed by atoms with Gasteiger partial charge in [-0.3, -0.25) is 4.31 Å². The maximum absolute atomic E-state index is 12.9. The van der Waals surface area contributed by atoms with E-state index in [0.717, 1.165) is 0 Å². The van der Waals surface area contributed by atoms with Gasteiger partial charge in [-0.1, -0.05) is 12.1 Å².